The first-order valence-corrected chi connectivity index (χ1v) is 6.30. The number of anilines is 1. The number of nitrogens with zero attached hydrogens (tertiary/aromatic N) is 1. The van der Waals surface area contributed by atoms with Crippen molar-refractivity contribution in [3.8, 4) is 0 Å². The Balaban J connectivity index is 1.93. The van der Waals surface area contributed by atoms with Gasteiger partial charge in [-0.05, 0) is 42.9 Å². The van der Waals surface area contributed by atoms with Crippen molar-refractivity contribution in [2.45, 2.75) is 19.8 Å². The molecule has 17 heavy (non-hydrogen) atoms. The molecule has 1 heterocycles. The third-order valence-electron chi connectivity index (χ3n) is 3.51. The molecule has 1 fully saturated rings. The highest BCUT2D eigenvalue weighted by molar-refractivity contribution is 5.47. The van der Waals surface area contributed by atoms with Crippen molar-refractivity contribution in [3.05, 3.63) is 30.1 Å². The zero-order chi connectivity index (χ0) is 12.3. The van der Waals surface area contributed by atoms with E-state index in [0.717, 1.165) is 31.6 Å². The molecule has 1 aromatic rings. The minimum Gasteiger partial charge on any atom is -0.396 e. The van der Waals surface area contributed by atoms with Crippen LogP contribution >= 0.6 is 0 Å². The lowest BCUT2D eigenvalue weighted by Crippen LogP contribution is -2.20. The van der Waals surface area contributed by atoms with Gasteiger partial charge in [-0.15, -0.1) is 0 Å². The summed E-state index contributed by atoms with van der Waals surface area (Å²) < 4.78 is 13.1. The summed E-state index contributed by atoms with van der Waals surface area (Å²) in [7, 11) is 0. The van der Waals surface area contributed by atoms with Gasteiger partial charge in [-0.3, -0.25) is 0 Å². The highest BCUT2D eigenvalue weighted by atomic mass is 19.1. The number of halogens is 1. The van der Waals surface area contributed by atoms with E-state index >= 15 is 0 Å². The van der Waals surface area contributed by atoms with Crippen LogP contribution in [0.15, 0.2) is 24.3 Å². The normalized spacial score (nSPS) is 21.8. The van der Waals surface area contributed by atoms with Gasteiger partial charge in [0.05, 0.1) is 0 Å². The molecule has 2 atom stereocenters. The molecule has 1 saturated heterocycles. The van der Waals surface area contributed by atoms with E-state index in [-0.39, 0.29) is 12.4 Å². The maximum absolute atomic E-state index is 13.1. The maximum Gasteiger partial charge on any atom is 0.125 e. The van der Waals surface area contributed by atoms with E-state index in [2.05, 4.69) is 11.8 Å². The van der Waals surface area contributed by atoms with E-state index in [9.17, 15) is 4.39 Å². The van der Waals surface area contributed by atoms with Gasteiger partial charge in [0.25, 0.3) is 0 Å². The molecular weight excluding hydrogens is 217 g/mol. The van der Waals surface area contributed by atoms with Crippen molar-refractivity contribution in [1.82, 2.24) is 0 Å². The first-order chi connectivity index (χ1) is 8.19. The smallest absolute Gasteiger partial charge is 0.125 e. The van der Waals surface area contributed by atoms with E-state index in [4.69, 9.17) is 5.11 Å². The minimum absolute atomic E-state index is 0.172. The Kier molecular flexibility index (Phi) is 4.00. The molecule has 0 amide bonds. The Morgan fingerprint density at radius 2 is 2.35 bits per heavy atom. The Labute approximate surface area is 102 Å². The van der Waals surface area contributed by atoms with Crippen LogP contribution in [0.1, 0.15) is 19.8 Å². The summed E-state index contributed by atoms with van der Waals surface area (Å²) in [6, 6.07) is 6.79. The predicted octanol–water partition coefficient (Wildman–Crippen LogP) is 2.67. The second-order valence-electron chi connectivity index (χ2n) is 5.10. The van der Waals surface area contributed by atoms with Gasteiger partial charge < -0.3 is 10.0 Å². The lowest BCUT2D eigenvalue weighted by atomic mass is 9.96. The summed E-state index contributed by atoms with van der Waals surface area (Å²) in [6.45, 7) is 4.31. The molecule has 0 spiro atoms. The summed E-state index contributed by atoms with van der Waals surface area (Å²) in [5, 5.41) is 9.05. The topological polar surface area (TPSA) is 23.5 Å². The minimum atomic E-state index is -0.172. The van der Waals surface area contributed by atoms with Crippen molar-refractivity contribution in [1.29, 1.82) is 0 Å². The van der Waals surface area contributed by atoms with Crippen molar-refractivity contribution in [2.75, 3.05) is 24.6 Å². The fourth-order valence-electron chi connectivity index (χ4n) is 2.58. The number of hydrogen-bond donors (Lipinski definition) is 1. The standard InChI is InChI=1S/C14H20FNO/c1-11(10-17)7-12-5-6-16(9-12)14-4-2-3-13(15)8-14/h2-4,8,11-12,17H,5-7,9-10H2,1H3. The van der Waals surface area contributed by atoms with Crippen molar-refractivity contribution < 1.29 is 9.50 Å². The van der Waals surface area contributed by atoms with Crippen LogP contribution in [0.2, 0.25) is 0 Å². The van der Waals surface area contributed by atoms with Crippen LogP contribution in [-0.4, -0.2) is 24.8 Å². The van der Waals surface area contributed by atoms with E-state index in [1.807, 2.05) is 6.07 Å². The Bertz CT molecular complexity index is 369. The van der Waals surface area contributed by atoms with Crippen LogP contribution in [-0.2, 0) is 0 Å². The molecule has 0 aromatic heterocycles. The van der Waals surface area contributed by atoms with E-state index in [0.29, 0.717) is 11.8 Å². The van der Waals surface area contributed by atoms with Gasteiger partial charge in [-0.25, -0.2) is 4.39 Å². The number of hydrogen-bond acceptors (Lipinski definition) is 2. The molecular formula is C14H20FNO. The monoisotopic (exact) mass is 237 g/mol. The molecule has 2 unspecified atom stereocenters. The first kappa shape index (κ1) is 12.4. The highest BCUT2D eigenvalue weighted by Crippen LogP contribution is 2.27. The van der Waals surface area contributed by atoms with E-state index in [1.165, 1.54) is 6.07 Å². The molecule has 1 N–H and O–H groups in total. The van der Waals surface area contributed by atoms with Gasteiger partial charge in [-0.1, -0.05) is 13.0 Å². The second-order valence-corrected chi connectivity index (χ2v) is 5.10. The Morgan fingerprint density at radius 3 is 3.06 bits per heavy atom. The van der Waals surface area contributed by atoms with Crippen molar-refractivity contribution in [3.63, 3.8) is 0 Å². The van der Waals surface area contributed by atoms with Gasteiger partial charge in [0.1, 0.15) is 5.82 Å². The average molecular weight is 237 g/mol. The molecule has 3 heteroatoms. The molecule has 0 aliphatic carbocycles. The van der Waals surface area contributed by atoms with Gasteiger partial charge in [0.15, 0.2) is 0 Å². The van der Waals surface area contributed by atoms with Crippen molar-refractivity contribution in [2.24, 2.45) is 11.8 Å². The van der Waals surface area contributed by atoms with Crippen LogP contribution in [0.3, 0.4) is 0 Å². The zero-order valence-corrected chi connectivity index (χ0v) is 10.3. The molecule has 94 valence electrons. The molecule has 1 aromatic carbocycles. The first-order valence-electron chi connectivity index (χ1n) is 6.30. The summed E-state index contributed by atoms with van der Waals surface area (Å²) in [5.41, 5.74) is 0.976. The fourth-order valence-corrected chi connectivity index (χ4v) is 2.58. The lowest BCUT2D eigenvalue weighted by molar-refractivity contribution is 0.215. The number of aliphatic hydroxyl groups excluding tert-OH is 1. The van der Waals surface area contributed by atoms with Gasteiger partial charge >= 0.3 is 0 Å². The largest absolute Gasteiger partial charge is 0.396 e. The number of benzene rings is 1. The van der Waals surface area contributed by atoms with Crippen LogP contribution in [0.4, 0.5) is 10.1 Å². The summed E-state index contributed by atoms with van der Waals surface area (Å²) >= 11 is 0. The van der Waals surface area contributed by atoms with Crippen molar-refractivity contribution >= 4 is 5.69 Å². The lowest BCUT2D eigenvalue weighted by Gasteiger charge is -2.19. The van der Waals surface area contributed by atoms with Gasteiger partial charge in [0.2, 0.25) is 0 Å². The van der Waals surface area contributed by atoms with Crippen LogP contribution in [0.5, 0.6) is 0 Å². The zero-order valence-electron chi connectivity index (χ0n) is 10.3. The average Bonchev–Trinajstić information content (AvgIpc) is 2.77. The molecule has 0 saturated carbocycles. The maximum atomic E-state index is 13.1. The SMILES string of the molecule is CC(CO)CC1CCN(c2cccc(F)c2)C1. The summed E-state index contributed by atoms with van der Waals surface area (Å²) in [5.74, 6) is 0.822. The van der Waals surface area contributed by atoms with E-state index in [1.54, 1.807) is 12.1 Å². The number of aliphatic hydroxyl groups is 1. The molecule has 0 bridgehead atoms. The van der Waals surface area contributed by atoms with Gasteiger partial charge in [0, 0.05) is 25.4 Å². The quantitative estimate of drug-likeness (QED) is 0.870. The second kappa shape index (κ2) is 5.50. The number of rotatable bonds is 4. The third kappa shape index (κ3) is 3.19. The van der Waals surface area contributed by atoms with E-state index < -0.39 is 0 Å². The molecule has 2 rings (SSSR count). The fraction of sp³-hybridized carbons (Fsp3) is 0.571. The van der Waals surface area contributed by atoms with Crippen LogP contribution < -0.4 is 4.90 Å². The molecule has 0 radical (unpaired) electrons. The van der Waals surface area contributed by atoms with Crippen LogP contribution in [0, 0.1) is 17.7 Å². The van der Waals surface area contributed by atoms with Gasteiger partial charge in [-0.2, -0.15) is 0 Å². The Morgan fingerprint density at radius 1 is 1.53 bits per heavy atom. The predicted molar refractivity (Wildman–Crippen MR) is 67.6 cm³/mol. The third-order valence-corrected chi connectivity index (χ3v) is 3.51. The molecule has 1 aliphatic rings. The Hall–Kier alpha value is -1.09. The van der Waals surface area contributed by atoms with Crippen LogP contribution in [0.25, 0.3) is 0 Å². The molecule has 1 aliphatic heterocycles. The highest BCUT2D eigenvalue weighted by Gasteiger charge is 2.24. The summed E-state index contributed by atoms with van der Waals surface area (Å²) in [6.07, 6.45) is 2.20. The summed E-state index contributed by atoms with van der Waals surface area (Å²) in [4.78, 5) is 2.23. The molecule has 2 nitrogen and oxygen atoms in total.